The summed E-state index contributed by atoms with van der Waals surface area (Å²) in [6, 6.07) is 0. The first kappa shape index (κ1) is 11.1. The minimum Gasteiger partial charge on any atom is -0.465 e. The van der Waals surface area contributed by atoms with Gasteiger partial charge in [-0.1, -0.05) is 18.5 Å². The van der Waals surface area contributed by atoms with Gasteiger partial charge in [-0.15, -0.1) is 5.10 Å². The maximum absolute atomic E-state index is 11.0. The van der Waals surface area contributed by atoms with Crippen LogP contribution in [0.2, 0.25) is 5.15 Å². The molecule has 0 radical (unpaired) electrons. The van der Waals surface area contributed by atoms with E-state index in [1.165, 1.54) is 4.90 Å². The highest BCUT2D eigenvalue weighted by Crippen LogP contribution is 2.30. The number of hydrogen-bond donors (Lipinski definition) is 1. The van der Waals surface area contributed by atoms with Crippen molar-refractivity contribution in [2.45, 2.75) is 26.3 Å². The van der Waals surface area contributed by atoms with Gasteiger partial charge in [0.25, 0.3) is 0 Å². The zero-order valence-corrected chi connectivity index (χ0v) is 9.82. The van der Waals surface area contributed by atoms with E-state index in [2.05, 4.69) is 10.2 Å². The molecule has 1 aliphatic rings. The van der Waals surface area contributed by atoms with Gasteiger partial charge in [0.2, 0.25) is 0 Å². The highest BCUT2D eigenvalue weighted by Gasteiger charge is 2.28. The van der Waals surface area contributed by atoms with E-state index >= 15 is 0 Å². The highest BCUT2D eigenvalue weighted by atomic mass is 35.5. The number of halogens is 1. The second-order valence-corrected chi connectivity index (χ2v) is 4.40. The number of carbonyl (C=O) groups is 1. The fourth-order valence-electron chi connectivity index (χ4n) is 1.96. The second-order valence-electron chi connectivity index (χ2n) is 4.04. The van der Waals surface area contributed by atoms with Crippen molar-refractivity contribution in [1.29, 1.82) is 0 Å². The SMILES string of the molecule is Cc1c(Cl)nnc2c1CN(C(=O)O)CC2C. The Morgan fingerprint density at radius 2 is 2.25 bits per heavy atom. The third-order valence-electron chi connectivity index (χ3n) is 2.90. The highest BCUT2D eigenvalue weighted by molar-refractivity contribution is 6.30. The van der Waals surface area contributed by atoms with Gasteiger partial charge < -0.3 is 10.0 Å². The second kappa shape index (κ2) is 3.90. The Morgan fingerprint density at radius 3 is 2.88 bits per heavy atom. The fourth-order valence-corrected chi connectivity index (χ4v) is 2.12. The minimum atomic E-state index is -0.912. The number of carboxylic acid groups (broad SMARTS) is 1. The summed E-state index contributed by atoms with van der Waals surface area (Å²) in [5.74, 6) is 0.0586. The van der Waals surface area contributed by atoms with Crippen molar-refractivity contribution in [2.75, 3.05) is 6.54 Å². The molecule has 6 heteroatoms. The first-order valence-electron chi connectivity index (χ1n) is 5.00. The van der Waals surface area contributed by atoms with Gasteiger partial charge in [-0.2, -0.15) is 5.10 Å². The van der Waals surface area contributed by atoms with Crippen LogP contribution in [0.1, 0.15) is 29.7 Å². The third kappa shape index (κ3) is 1.71. The maximum Gasteiger partial charge on any atom is 0.407 e. The summed E-state index contributed by atoms with van der Waals surface area (Å²) >= 11 is 5.88. The number of amides is 1. The van der Waals surface area contributed by atoms with Crippen LogP contribution < -0.4 is 0 Å². The van der Waals surface area contributed by atoms with Crippen LogP contribution in [0.5, 0.6) is 0 Å². The van der Waals surface area contributed by atoms with E-state index in [9.17, 15) is 4.79 Å². The molecule has 0 saturated carbocycles. The molecule has 1 amide bonds. The quantitative estimate of drug-likeness (QED) is 0.755. The molecule has 1 N–H and O–H groups in total. The summed E-state index contributed by atoms with van der Waals surface area (Å²) in [6.07, 6.45) is -0.912. The molecule has 1 aromatic heterocycles. The zero-order valence-electron chi connectivity index (χ0n) is 9.07. The van der Waals surface area contributed by atoms with Gasteiger partial charge in [0, 0.05) is 18.0 Å². The minimum absolute atomic E-state index is 0.0586. The molecule has 16 heavy (non-hydrogen) atoms. The Bertz CT molecular complexity index is 450. The molecule has 0 saturated heterocycles. The number of fused-ring (bicyclic) bond motifs is 1. The van der Waals surface area contributed by atoms with Crippen molar-refractivity contribution in [3.8, 4) is 0 Å². The lowest BCUT2D eigenvalue weighted by Crippen LogP contribution is -2.37. The van der Waals surface area contributed by atoms with Crippen LogP contribution in [-0.4, -0.2) is 32.8 Å². The monoisotopic (exact) mass is 241 g/mol. The Labute approximate surface area is 98.0 Å². The van der Waals surface area contributed by atoms with Crippen LogP contribution in [0.25, 0.3) is 0 Å². The molecule has 0 aliphatic carbocycles. The third-order valence-corrected chi connectivity index (χ3v) is 3.26. The van der Waals surface area contributed by atoms with Crippen molar-refractivity contribution in [2.24, 2.45) is 0 Å². The number of hydrogen-bond acceptors (Lipinski definition) is 3. The summed E-state index contributed by atoms with van der Waals surface area (Å²) < 4.78 is 0. The van der Waals surface area contributed by atoms with Gasteiger partial charge in [0.1, 0.15) is 0 Å². The predicted octanol–water partition coefficient (Wildman–Crippen LogP) is 2.04. The smallest absolute Gasteiger partial charge is 0.407 e. The van der Waals surface area contributed by atoms with Crippen LogP contribution >= 0.6 is 11.6 Å². The number of nitrogens with zero attached hydrogens (tertiary/aromatic N) is 3. The van der Waals surface area contributed by atoms with E-state index in [1.807, 2.05) is 13.8 Å². The molecular weight excluding hydrogens is 230 g/mol. The Balaban J connectivity index is 2.47. The molecule has 1 atom stereocenters. The van der Waals surface area contributed by atoms with Crippen LogP contribution in [0.3, 0.4) is 0 Å². The van der Waals surface area contributed by atoms with Crippen molar-refractivity contribution in [3.63, 3.8) is 0 Å². The first-order valence-corrected chi connectivity index (χ1v) is 5.38. The average molecular weight is 242 g/mol. The van der Waals surface area contributed by atoms with Crippen molar-refractivity contribution in [3.05, 3.63) is 22.0 Å². The van der Waals surface area contributed by atoms with Crippen LogP contribution in [0, 0.1) is 6.92 Å². The van der Waals surface area contributed by atoms with Gasteiger partial charge in [-0.05, 0) is 12.5 Å². The summed E-state index contributed by atoms with van der Waals surface area (Å²) in [6.45, 7) is 4.58. The molecule has 86 valence electrons. The van der Waals surface area contributed by atoms with Gasteiger partial charge in [0.15, 0.2) is 5.15 Å². The largest absolute Gasteiger partial charge is 0.465 e. The molecule has 0 spiro atoms. The van der Waals surface area contributed by atoms with Crippen LogP contribution in [-0.2, 0) is 6.54 Å². The van der Waals surface area contributed by atoms with E-state index < -0.39 is 6.09 Å². The van der Waals surface area contributed by atoms with Gasteiger partial charge in [0.05, 0.1) is 12.2 Å². The van der Waals surface area contributed by atoms with Gasteiger partial charge in [-0.3, -0.25) is 0 Å². The first-order chi connectivity index (χ1) is 7.50. The number of rotatable bonds is 0. The molecule has 0 fully saturated rings. The van der Waals surface area contributed by atoms with Crippen molar-refractivity contribution in [1.82, 2.24) is 15.1 Å². The van der Waals surface area contributed by atoms with Gasteiger partial charge >= 0.3 is 6.09 Å². The predicted molar refractivity (Wildman–Crippen MR) is 58.6 cm³/mol. The van der Waals surface area contributed by atoms with Crippen LogP contribution in [0.4, 0.5) is 4.79 Å². The summed E-state index contributed by atoms with van der Waals surface area (Å²) in [4.78, 5) is 12.3. The van der Waals surface area contributed by atoms with Crippen molar-refractivity contribution < 1.29 is 9.90 Å². The normalized spacial score (nSPS) is 19.4. The Morgan fingerprint density at radius 1 is 1.56 bits per heavy atom. The zero-order chi connectivity index (χ0) is 11.9. The Hall–Kier alpha value is -1.36. The van der Waals surface area contributed by atoms with E-state index in [0.717, 1.165) is 16.8 Å². The van der Waals surface area contributed by atoms with E-state index in [0.29, 0.717) is 18.2 Å². The molecular formula is C10H12ClN3O2. The summed E-state index contributed by atoms with van der Waals surface area (Å²) in [5.41, 5.74) is 2.57. The lowest BCUT2D eigenvalue weighted by Gasteiger charge is -2.30. The topological polar surface area (TPSA) is 66.3 Å². The van der Waals surface area contributed by atoms with E-state index in [1.54, 1.807) is 0 Å². The number of aromatic nitrogens is 2. The summed E-state index contributed by atoms with van der Waals surface area (Å²) in [7, 11) is 0. The molecule has 0 aromatic carbocycles. The van der Waals surface area contributed by atoms with Crippen LogP contribution in [0.15, 0.2) is 0 Å². The molecule has 5 nitrogen and oxygen atoms in total. The fraction of sp³-hybridized carbons (Fsp3) is 0.500. The average Bonchev–Trinajstić information content (AvgIpc) is 2.23. The van der Waals surface area contributed by atoms with Gasteiger partial charge in [-0.25, -0.2) is 4.79 Å². The van der Waals surface area contributed by atoms with E-state index in [-0.39, 0.29) is 5.92 Å². The Kier molecular flexibility index (Phi) is 2.71. The molecule has 1 unspecified atom stereocenters. The molecule has 0 bridgehead atoms. The lowest BCUT2D eigenvalue weighted by molar-refractivity contribution is 0.135. The lowest BCUT2D eigenvalue weighted by atomic mass is 9.95. The van der Waals surface area contributed by atoms with E-state index in [4.69, 9.17) is 16.7 Å². The van der Waals surface area contributed by atoms with Crippen molar-refractivity contribution >= 4 is 17.7 Å². The molecule has 1 aromatic rings. The molecule has 2 rings (SSSR count). The molecule has 2 heterocycles. The standard InChI is InChI=1S/C10H12ClN3O2/c1-5-3-14(10(15)16)4-7-6(2)9(11)13-12-8(5)7/h5H,3-4H2,1-2H3,(H,15,16). The molecule has 1 aliphatic heterocycles. The maximum atomic E-state index is 11.0. The summed E-state index contributed by atoms with van der Waals surface area (Å²) in [5, 5.41) is 17.3.